The van der Waals surface area contributed by atoms with Crippen LogP contribution in [0.15, 0.2) is 42.7 Å². The Morgan fingerprint density at radius 1 is 1.25 bits per heavy atom. The summed E-state index contributed by atoms with van der Waals surface area (Å²) in [6.07, 6.45) is 3.17. The number of nitrogens with one attached hydrogen (secondary N) is 4. The molecule has 0 saturated heterocycles. The summed E-state index contributed by atoms with van der Waals surface area (Å²) in [4.78, 5) is 44.4. The van der Waals surface area contributed by atoms with Crippen LogP contribution in [0.1, 0.15) is 47.2 Å². The number of hydrogen-bond acceptors (Lipinski definition) is 5. The minimum Gasteiger partial charge on any atom is -0.444 e. The van der Waals surface area contributed by atoms with E-state index in [9.17, 15) is 14.4 Å². The fourth-order valence-electron chi connectivity index (χ4n) is 3.63. The summed E-state index contributed by atoms with van der Waals surface area (Å²) in [5.74, 6) is -0.516. The predicted octanol–water partition coefficient (Wildman–Crippen LogP) is 2.99. The van der Waals surface area contributed by atoms with Gasteiger partial charge in [0, 0.05) is 29.2 Å². The number of alkyl carbamates (subject to hydrolysis) is 1. The first-order chi connectivity index (χ1) is 15.2. The zero-order chi connectivity index (χ0) is 22.9. The number of benzene rings is 1. The molecular weight excluding hydrogens is 410 g/mol. The molecule has 9 heteroatoms. The Kier molecular flexibility index (Phi) is 5.56. The van der Waals surface area contributed by atoms with E-state index < -0.39 is 11.7 Å². The maximum absolute atomic E-state index is 12.7. The zero-order valence-electron chi connectivity index (χ0n) is 18.1. The molecule has 3 heterocycles. The number of rotatable bonds is 4. The van der Waals surface area contributed by atoms with Crippen molar-refractivity contribution in [2.24, 2.45) is 0 Å². The molecule has 0 aliphatic carbocycles. The first-order valence-electron chi connectivity index (χ1n) is 10.3. The van der Waals surface area contributed by atoms with Gasteiger partial charge in [-0.15, -0.1) is 0 Å². The second-order valence-corrected chi connectivity index (χ2v) is 8.69. The van der Waals surface area contributed by atoms with Gasteiger partial charge in [-0.05, 0) is 63.1 Å². The van der Waals surface area contributed by atoms with E-state index in [0.29, 0.717) is 23.4 Å². The summed E-state index contributed by atoms with van der Waals surface area (Å²) in [5, 5.41) is 9.21. The van der Waals surface area contributed by atoms with Crippen molar-refractivity contribution in [2.75, 3.05) is 11.9 Å². The van der Waals surface area contributed by atoms with E-state index in [4.69, 9.17) is 4.74 Å². The number of fused-ring (bicyclic) bond motifs is 3. The van der Waals surface area contributed by atoms with Gasteiger partial charge in [0.25, 0.3) is 11.8 Å². The summed E-state index contributed by atoms with van der Waals surface area (Å²) < 4.78 is 5.25. The van der Waals surface area contributed by atoms with Crippen molar-refractivity contribution in [3.8, 4) is 0 Å². The number of aromatic nitrogens is 2. The number of pyridine rings is 1. The van der Waals surface area contributed by atoms with Gasteiger partial charge in [0.15, 0.2) is 0 Å². The molecule has 2 aromatic heterocycles. The highest BCUT2D eigenvalue weighted by Crippen LogP contribution is 2.28. The van der Waals surface area contributed by atoms with Crippen LogP contribution in [0.2, 0.25) is 0 Å². The molecule has 166 valence electrons. The molecule has 0 saturated carbocycles. The van der Waals surface area contributed by atoms with Crippen molar-refractivity contribution < 1.29 is 19.1 Å². The van der Waals surface area contributed by atoms with E-state index in [2.05, 4.69) is 25.9 Å². The van der Waals surface area contributed by atoms with E-state index in [1.54, 1.807) is 63.5 Å². The molecule has 1 aromatic carbocycles. The van der Waals surface area contributed by atoms with Gasteiger partial charge in [0.05, 0.1) is 17.9 Å². The third-order valence-corrected chi connectivity index (χ3v) is 4.99. The number of amides is 3. The SMILES string of the molecule is CC(C)(C)OC(=O)NCC1Cc2c([nH]c3ccc(C(=O)Nc4cccnc4)cc23)C(=O)N1. The van der Waals surface area contributed by atoms with E-state index in [1.807, 2.05) is 0 Å². The largest absolute Gasteiger partial charge is 0.444 e. The smallest absolute Gasteiger partial charge is 0.407 e. The molecule has 9 nitrogen and oxygen atoms in total. The van der Waals surface area contributed by atoms with Gasteiger partial charge >= 0.3 is 6.09 Å². The zero-order valence-corrected chi connectivity index (χ0v) is 18.1. The molecule has 32 heavy (non-hydrogen) atoms. The molecule has 1 atom stereocenters. The normalized spacial score (nSPS) is 15.6. The highest BCUT2D eigenvalue weighted by Gasteiger charge is 2.29. The summed E-state index contributed by atoms with van der Waals surface area (Å²) >= 11 is 0. The average molecular weight is 435 g/mol. The topological polar surface area (TPSA) is 125 Å². The summed E-state index contributed by atoms with van der Waals surface area (Å²) in [6.45, 7) is 5.59. The van der Waals surface area contributed by atoms with Crippen molar-refractivity contribution >= 4 is 34.5 Å². The quantitative estimate of drug-likeness (QED) is 0.501. The Bertz CT molecular complexity index is 1180. The molecule has 1 aliphatic heterocycles. The maximum atomic E-state index is 12.7. The molecule has 0 radical (unpaired) electrons. The second kappa shape index (κ2) is 8.33. The Morgan fingerprint density at radius 3 is 2.78 bits per heavy atom. The molecule has 4 N–H and O–H groups in total. The lowest BCUT2D eigenvalue weighted by Gasteiger charge is -2.25. The minimum absolute atomic E-state index is 0.230. The third-order valence-electron chi connectivity index (χ3n) is 4.99. The van der Waals surface area contributed by atoms with Gasteiger partial charge in [0.2, 0.25) is 0 Å². The molecule has 1 unspecified atom stereocenters. The number of carbonyl (C=O) groups is 3. The molecule has 1 aliphatic rings. The first-order valence-corrected chi connectivity index (χ1v) is 10.3. The molecule has 4 rings (SSSR count). The second-order valence-electron chi connectivity index (χ2n) is 8.69. The molecule has 0 spiro atoms. The standard InChI is InChI=1S/C23H25N5O4/c1-23(2,3)32-22(31)25-12-15-10-17-16-9-13(20(29)26-14-5-4-8-24-11-14)6-7-18(16)28-19(17)21(30)27-15/h4-9,11,15,28H,10,12H2,1-3H3,(H,25,31)(H,26,29)(H,27,30). The van der Waals surface area contributed by atoms with Crippen LogP contribution < -0.4 is 16.0 Å². The van der Waals surface area contributed by atoms with Gasteiger partial charge in [-0.2, -0.15) is 0 Å². The summed E-state index contributed by atoms with van der Waals surface area (Å²) in [5.41, 5.74) is 2.52. The Morgan fingerprint density at radius 2 is 2.06 bits per heavy atom. The predicted molar refractivity (Wildman–Crippen MR) is 120 cm³/mol. The molecule has 3 aromatic rings. The average Bonchev–Trinajstić information content (AvgIpc) is 3.10. The van der Waals surface area contributed by atoms with Gasteiger partial charge in [0.1, 0.15) is 11.3 Å². The molecular formula is C23H25N5O4. The van der Waals surface area contributed by atoms with Crippen LogP contribution in [0.4, 0.5) is 10.5 Å². The number of H-pyrrole nitrogens is 1. The molecule has 0 bridgehead atoms. The fraction of sp³-hybridized carbons (Fsp3) is 0.304. The lowest BCUT2D eigenvalue weighted by Crippen LogP contribution is -2.48. The van der Waals surface area contributed by atoms with Crippen LogP contribution in [0.25, 0.3) is 10.9 Å². The van der Waals surface area contributed by atoms with Crippen molar-refractivity contribution in [2.45, 2.75) is 38.8 Å². The van der Waals surface area contributed by atoms with Crippen LogP contribution in [-0.2, 0) is 11.2 Å². The van der Waals surface area contributed by atoms with Crippen LogP contribution in [0.5, 0.6) is 0 Å². The van der Waals surface area contributed by atoms with Crippen molar-refractivity contribution in [1.82, 2.24) is 20.6 Å². The molecule has 0 fully saturated rings. The van der Waals surface area contributed by atoms with Gasteiger partial charge < -0.3 is 25.7 Å². The van der Waals surface area contributed by atoms with Gasteiger partial charge in [-0.1, -0.05) is 0 Å². The fourth-order valence-corrected chi connectivity index (χ4v) is 3.63. The number of hydrogen-bond donors (Lipinski definition) is 4. The number of carbonyl (C=O) groups excluding carboxylic acids is 3. The first kappa shape index (κ1) is 21.4. The maximum Gasteiger partial charge on any atom is 0.407 e. The lowest BCUT2D eigenvalue weighted by atomic mass is 9.97. The number of ether oxygens (including phenoxy) is 1. The van der Waals surface area contributed by atoms with Crippen molar-refractivity contribution in [3.05, 3.63) is 59.5 Å². The number of nitrogens with zero attached hydrogens (tertiary/aromatic N) is 1. The van der Waals surface area contributed by atoms with Crippen LogP contribution in [0, 0.1) is 0 Å². The van der Waals surface area contributed by atoms with E-state index >= 15 is 0 Å². The highest BCUT2D eigenvalue weighted by molar-refractivity contribution is 6.08. The Hall–Kier alpha value is -3.88. The van der Waals surface area contributed by atoms with E-state index in [0.717, 1.165) is 16.5 Å². The number of aromatic amines is 1. The van der Waals surface area contributed by atoms with Crippen LogP contribution >= 0.6 is 0 Å². The lowest BCUT2D eigenvalue weighted by molar-refractivity contribution is 0.0519. The third kappa shape index (κ3) is 4.72. The Labute approximate surface area is 184 Å². The summed E-state index contributed by atoms with van der Waals surface area (Å²) in [7, 11) is 0. The van der Waals surface area contributed by atoms with Gasteiger partial charge in [-0.3, -0.25) is 14.6 Å². The highest BCUT2D eigenvalue weighted by atomic mass is 16.6. The van der Waals surface area contributed by atoms with Crippen molar-refractivity contribution in [1.29, 1.82) is 0 Å². The van der Waals surface area contributed by atoms with E-state index in [1.165, 1.54) is 0 Å². The van der Waals surface area contributed by atoms with E-state index in [-0.39, 0.29) is 24.4 Å². The van der Waals surface area contributed by atoms with Crippen LogP contribution in [0.3, 0.4) is 0 Å². The van der Waals surface area contributed by atoms with Crippen molar-refractivity contribution in [3.63, 3.8) is 0 Å². The molecule has 3 amide bonds. The minimum atomic E-state index is -0.601. The van der Waals surface area contributed by atoms with Gasteiger partial charge in [-0.25, -0.2) is 4.79 Å². The van der Waals surface area contributed by atoms with Crippen LogP contribution in [-0.4, -0.2) is 46.1 Å². The Balaban J connectivity index is 1.52. The summed E-state index contributed by atoms with van der Waals surface area (Å²) in [6, 6.07) is 8.46. The monoisotopic (exact) mass is 435 g/mol. The number of anilines is 1.